The van der Waals surface area contributed by atoms with Crippen LogP contribution in [0.15, 0.2) is 0 Å². The van der Waals surface area contributed by atoms with E-state index in [1.165, 1.54) is 0 Å². The number of carbonyl (C=O) groups excluding carboxylic acids is 1. The second-order valence-electron chi connectivity index (χ2n) is 4.52. The molecule has 17 heavy (non-hydrogen) atoms. The van der Waals surface area contributed by atoms with Gasteiger partial charge in [-0.15, -0.1) is 0 Å². The Kier molecular flexibility index (Phi) is 9.09. The van der Waals surface area contributed by atoms with Crippen LogP contribution in [0.25, 0.3) is 0 Å². The van der Waals surface area contributed by atoms with Crippen LogP contribution < -0.4 is 10.6 Å². The van der Waals surface area contributed by atoms with Crippen molar-refractivity contribution in [2.24, 2.45) is 0 Å². The van der Waals surface area contributed by atoms with Crippen LogP contribution in [0, 0.1) is 0 Å². The fourth-order valence-electron chi connectivity index (χ4n) is 1.54. The lowest BCUT2D eigenvalue weighted by Crippen LogP contribution is -2.47. The number of hydrogen-bond acceptors (Lipinski definition) is 3. The second-order valence-corrected chi connectivity index (χ2v) is 4.52. The Morgan fingerprint density at radius 1 is 1.18 bits per heavy atom. The van der Waals surface area contributed by atoms with Gasteiger partial charge in [-0.2, -0.15) is 0 Å². The van der Waals surface area contributed by atoms with Gasteiger partial charge in [-0.25, -0.2) is 0 Å². The standard InChI is InChI=1S/C13H29N3O/c1-6-11(4)15-13(17)12(5)14-9-10-16(7-2)8-3/h11-12,14H,6-10H2,1-5H3,(H,15,17). The Morgan fingerprint density at radius 3 is 2.24 bits per heavy atom. The van der Waals surface area contributed by atoms with Crippen molar-refractivity contribution in [2.75, 3.05) is 26.2 Å². The summed E-state index contributed by atoms with van der Waals surface area (Å²) in [5.41, 5.74) is 0. The van der Waals surface area contributed by atoms with Gasteiger partial charge in [-0.1, -0.05) is 20.8 Å². The van der Waals surface area contributed by atoms with Crippen LogP contribution in [0.5, 0.6) is 0 Å². The molecule has 0 aliphatic rings. The smallest absolute Gasteiger partial charge is 0.237 e. The van der Waals surface area contributed by atoms with E-state index in [1.54, 1.807) is 0 Å². The topological polar surface area (TPSA) is 44.4 Å². The van der Waals surface area contributed by atoms with Crippen molar-refractivity contribution in [1.29, 1.82) is 0 Å². The first-order valence-corrected chi connectivity index (χ1v) is 6.81. The van der Waals surface area contributed by atoms with E-state index in [4.69, 9.17) is 0 Å². The fraction of sp³-hybridized carbons (Fsp3) is 0.923. The lowest BCUT2D eigenvalue weighted by atomic mass is 10.2. The Morgan fingerprint density at radius 2 is 1.76 bits per heavy atom. The van der Waals surface area contributed by atoms with Gasteiger partial charge in [0.25, 0.3) is 0 Å². The maximum atomic E-state index is 11.7. The molecule has 0 aromatic heterocycles. The molecule has 0 aromatic carbocycles. The molecule has 1 amide bonds. The molecule has 0 spiro atoms. The van der Waals surface area contributed by atoms with E-state index in [1.807, 2.05) is 13.8 Å². The van der Waals surface area contributed by atoms with Crippen molar-refractivity contribution < 1.29 is 4.79 Å². The van der Waals surface area contributed by atoms with E-state index >= 15 is 0 Å². The normalized spacial score (nSPS) is 14.7. The molecule has 4 nitrogen and oxygen atoms in total. The first-order chi connectivity index (χ1) is 8.04. The van der Waals surface area contributed by atoms with E-state index < -0.39 is 0 Å². The van der Waals surface area contributed by atoms with Gasteiger partial charge in [-0.05, 0) is 33.4 Å². The Hall–Kier alpha value is -0.610. The first-order valence-electron chi connectivity index (χ1n) is 6.81. The Bertz CT molecular complexity index is 205. The summed E-state index contributed by atoms with van der Waals surface area (Å²) >= 11 is 0. The van der Waals surface area contributed by atoms with E-state index in [0.29, 0.717) is 0 Å². The molecule has 0 rings (SSSR count). The van der Waals surface area contributed by atoms with E-state index in [9.17, 15) is 4.79 Å². The molecule has 4 heteroatoms. The lowest BCUT2D eigenvalue weighted by Gasteiger charge is -2.21. The zero-order valence-electron chi connectivity index (χ0n) is 12.0. The van der Waals surface area contributed by atoms with Gasteiger partial charge in [0.2, 0.25) is 5.91 Å². The molecule has 2 atom stereocenters. The molecule has 102 valence electrons. The third-order valence-electron chi connectivity index (χ3n) is 3.17. The highest BCUT2D eigenvalue weighted by molar-refractivity contribution is 5.81. The van der Waals surface area contributed by atoms with Crippen molar-refractivity contribution in [3.8, 4) is 0 Å². The highest BCUT2D eigenvalue weighted by atomic mass is 16.2. The maximum absolute atomic E-state index is 11.7. The summed E-state index contributed by atoms with van der Waals surface area (Å²) in [6, 6.07) is 0.147. The molecule has 0 bridgehead atoms. The highest BCUT2D eigenvalue weighted by Crippen LogP contribution is 1.91. The summed E-state index contributed by atoms with van der Waals surface area (Å²) in [6.45, 7) is 14.3. The average molecular weight is 243 g/mol. The van der Waals surface area contributed by atoms with E-state index in [2.05, 4.69) is 36.3 Å². The van der Waals surface area contributed by atoms with Gasteiger partial charge in [0.15, 0.2) is 0 Å². The number of hydrogen-bond donors (Lipinski definition) is 2. The summed E-state index contributed by atoms with van der Waals surface area (Å²) in [4.78, 5) is 14.1. The van der Waals surface area contributed by atoms with Crippen molar-refractivity contribution in [3.05, 3.63) is 0 Å². The van der Waals surface area contributed by atoms with Gasteiger partial charge in [0, 0.05) is 19.1 Å². The monoisotopic (exact) mass is 243 g/mol. The van der Waals surface area contributed by atoms with Crippen molar-refractivity contribution in [2.45, 2.75) is 53.1 Å². The number of likely N-dealkylation sites (N-methyl/N-ethyl adjacent to an activating group) is 1. The molecule has 0 heterocycles. The molecule has 0 aliphatic heterocycles. The number of nitrogens with one attached hydrogen (secondary N) is 2. The highest BCUT2D eigenvalue weighted by Gasteiger charge is 2.13. The molecule has 0 saturated carbocycles. The van der Waals surface area contributed by atoms with Gasteiger partial charge in [0.1, 0.15) is 0 Å². The molecular formula is C13H29N3O. The number of carbonyl (C=O) groups is 1. The van der Waals surface area contributed by atoms with Crippen LogP contribution >= 0.6 is 0 Å². The number of rotatable bonds is 9. The van der Waals surface area contributed by atoms with Crippen LogP contribution in [-0.2, 0) is 4.79 Å². The van der Waals surface area contributed by atoms with Crippen LogP contribution in [-0.4, -0.2) is 49.1 Å². The van der Waals surface area contributed by atoms with Crippen LogP contribution in [0.2, 0.25) is 0 Å². The Balaban J connectivity index is 3.77. The van der Waals surface area contributed by atoms with Crippen molar-refractivity contribution in [3.63, 3.8) is 0 Å². The minimum absolute atomic E-state index is 0.0962. The quantitative estimate of drug-likeness (QED) is 0.640. The molecule has 0 aromatic rings. The van der Waals surface area contributed by atoms with Crippen LogP contribution in [0.3, 0.4) is 0 Å². The molecular weight excluding hydrogens is 214 g/mol. The largest absolute Gasteiger partial charge is 0.352 e. The number of amides is 1. The van der Waals surface area contributed by atoms with Crippen LogP contribution in [0.4, 0.5) is 0 Å². The van der Waals surface area contributed by atoms with Gasteiger partial charge >= 0.3 is 0 Å². The maximum Gasteiger partial charge on any atom is 0.237 e. The number of nitrogens with zero attached hydrogens (tertiary/aromatic N) is 1. The SMILES string of the molecule is CCC(C)NC(=O)C(C)NCCN(CC)CC. The second kappa shape index (κ2) is 9.42. The van der Waals surface area contributed by atoms with Crippen LogP contribution in [0.1, 0.15) is 41.0 Å². The predicted molar refractivity (Wildman–Crippen MR) is 73.1 cm³/mol. The summed E-state index contributed by atoms with van der Waals surface area (Å²) in [6.07, 6.45) is 0.970. The zero-order chi connectivity index (χ0) is 13.3. The first kappa shape index (κ1) is 16.4. The minimum atomic E-state index is -0.112. The van der Waals surface area contributed by atoms with Gasteiger partial charge in [0.05, 0.1) is 6.04 Å². The third-order valence-corrected chi connectivity index (χ3v) is 3.17. The van der Waals surface area contributed by atoms with Crippen molar-refractivity contribution >= 4 is 5.91 Å². The Labute approximate surface area is 106 Å². The van der Waals surface area contributed by atoms with Gasteiger partial charge in [-0.3, -0.25) is 4.79 Å². The summed E-state index contributed by atoms with van der Waals surface area (Å²) in [5, 5.41) is 6.24. The fourth-order valence-corrected chi connectivity index (χ4v) is 1.54. The molecule has 0 saturated heterocycles. The molecule has 0 fully saturated rings. The molecule has 2 unspecified atom stereocenters. The minimum Gasteiger partial charge on any atom is -0.352 e. The predicted octanol–water partition coefficient (Wildman–Crippen LogP) is 1.22. The van der Waals surface area contributed by atoms with E-state index in [-0.39, 0.29) is 18.0 Å². The zero-order valence-corrected chi connectivity index (χ0v) is 12.0. The molecule has 0 radical (unpaired) electrons. The average Bonchev–Trinajstić information content (AvgIpc) is 2.34. The molecule has 0 aliphatic carbocycles. The lowest BCUT2D eigenvalue weighted by molar-refractivity contribution is -0.123. The summed E-state index contributed by atoms with van der Waals surface area (Å²) < 4.78 is 0. The van der Waals surface area contributed by atoms with Gasteiger partial charge < -0.3 is 15.5 Å². The molecule has 2 N–H and O–H groups in total. The third kappa shape index (κ3) is 7.34. The summed E-state index contributed by atoms with van der Waals surface area (Å²) in [5.74, 6) is 0.0962. The summed E-state index contributed by atoms with van der Waals surface area (Å²) in [7, 11) is 0. The van der Waals surface area contributed by atoms with E-state index in [0.717, 1.165) is 32.6 Å². The van der Waals surface area contributed by atoms with Crippen molar-refractivity contribution in [1.82, 2.24) is 15.5 Å².